The van der Waals surface area contributed by atoms with E-state index < -0.39 is 18.5 Å². The van der Waals surface area contributed by atoms with Crippen molar-refractivity contribution in [1.29, 1.82) is 0 Å². The van der Waals surface area contributed by atoms with Gasteiger partial charge in [-0.1, -0.05) is 18.2 Å². The third kappa shape index (κ3) is 3.98. The van der Waals surface area contributed by atoms with Gasteiger partial charge in [-0.15, -0.1) is 0 Å². The maximum atomic E-state index is 12.4. The van der Waals surface area contributed by atoms with Crippen LogP contribution in [0.4, 0.5) is 5.69 Å². The van der Waals surface area contributed by atoms with E-state index in [-0.39, 0.29) is 5.91 Å². The minimum atomic E-state index is -0.560. The molecule has 0 spiro atoms. The van der Waals surface area contributed by atoms with E-state index in [0.717, 1.165) is 10.9 Å². The van der Waals surface area contributed by atoms with Gasteiger partial charge in [-0.05, 0) is 37.3 Å². The highest BCUT2D eigenvalue weighted by Crippen LogP contribution is 2.22. The average molecular weight is 365 g/mol. The number of esters is 1. The molecule has 138 valence electrons. The smallest absolute Gasteiger partial charge is 0.341 e. The van der Waals surface area contributed by atoms with Crippen LogP contribution in [0.1, 0.15) is 26.4 Å². The standard InChI is InChI=1S/C20H19N3O4/c1-12-18(15-5-3-4-6-16(15)22-12)20(26)27-11-17(24)23-14-9-7-13(8-10-14)19(25)21-2/h3-10,22H,11H2,1-2H3,(H,21,25)(H,23,24). The van der Waals surface area contributed by atoms with Crippen molar-refractivity contribution in [3.8, 4) is 0 Å². The van der Waals surface area contributed by atoms with Crippen LogP contribution in [0.2, 0.25) is 0 Å². The van der Waals surface area contributed by atoms with Gasteiger partial charge in [-0.25, -0.2) is 4.79 Å². The number of nitrogens with one attached hydrogen (secondary N) is 3. The molecule has 3 rings (SSSR count). The first kappa shape index (κ1) is 18.2. The Hall–Kier alpha value is -3.61. The molecule has 7 heteroatoms. The molecule has 0 saturated heterocycles. The van der Waals surface area contributed by atoms with Crippen LogP contribution in [-0.4, -0.2) is 36.4 Å². The summed E-state index contributed by atoms with van der Waals surface area (Å²) in [5.41, 5.74) is 2.94. The van der Waals surface area contributed by atoms with Crippen LogP contribution in [0, 0.1) is 6.92 Å². The largest absolute Gasteiger partial charge is 0.452 e. The zero-order chi connectivity index (χ0) is 19.4. The van der Waals surface area contributed by atoms with Gasteiger partial charge in [-0.3, -0.25) is 9.59 Å². The summed E-state index contributed by atoms with van der Waals surface area (Å²) in [7, 11) is 1.54. The molecule has 3 N–H and O–H groups in total. The predicted molar refractivity (Wildman–Crippen MR) is 102 cm³/mol. The van der Waals surface area contributed by atoms with Crippen LogP contribution < -0.4 is 10.6 Å². The molecular weight excluding hydrogens is 346 g/mol. The summed E-state index contributed by atoms with van der Waals surface area (Å²) in [4.78, 5) is 39.0. The molecule has 0 fully saturated rings. The molecule has 2 aromatic carbocycles. The molecule has 0 unspecified atom stereocenters. The number of amides is 2. The molecule has 0 aliphatic rings. The fourth-order valence-electron chi connectivity index (χ4n) is 2.79. The Morgan fingerprint density at radius 2 is 1.74 bits per heavy atom. The lowest BCUT2D eigenvalue weighted by atomic mass is 10.1. The fourth-order valence-corrected chi connectivity index (χ4v) is 2.79. The minimum Gasteiger partial charge on any atom is -0.452 e. The molecule has 0 saturated carbocycles. The Morgan fingerprint density at radius 3 is 2.44 bits per heavy atom. The Bertz CT molecular complexity index is 1010. The van der Waals surface area contributed by atoms with Gasteiger partial charge in [0.25, 0.3) is 11.8 Å². The van der Waals surface area contributed by atoms with Crippen molar-refractivity contribution in [3.63, 3.8) is 0 Å². The van der Waals surface area contributed by atoms with Crippen LogP contribution in [0.15, 0.2) is 48.5 Å². The van der Waals surface area contributed by atoms with Crippen molar-refractivity contribution >= 4 is 34.4 Å². The van der Waals surface area contributed by atoms with Gasteiger partial charge >= 0.3 is 5.97 Å². The van der Waals surface area contributed by atoms with Crippen molar-refractivity contribution < 1.29 is 19.1 Å². The van der Waals surface area contributed by atoms with E-state index in [1.165, 1.54) is 0 Å². The zero-order valence-electron chi connectivity index (χ0n) is 15.0. The fraction of sp³-hybridized carbons (Fsp3) is 0.150. The van der Waals surface area contributed by atoms with E-state index >= 15 is 0 Å². The Kier molecular flexibility index (Phi) is 5.21. The maximum Gasteiger partial charge on any atom is 0.341 e. The molecule has 27 heavy (non-hydrogen) atoms. The van der Waals surface area contributed by atoms with Crippen LogP contribution in [-0.2, 0) is 9.53 Å². The monoisotopic (exact) mass is 365 g/mol. The number of hydrogen-bond acceptors (Lipinski definition) is 4. The quantitative estimate of drug-likeness (QED) is 0.605. The van der Waals surface area contributed by atoms with E-state index in [2.05, 4.69) is 15.6 Å². The molecule has 1 aromatic heterocycles. The Morgan fingerprint density at radius 1 is 1.04 bits per heavy atom. The first-order valence-corrected chi connectivity index (χ1v) is 8.36. The predicted octanol–water partition coefficient (Wildman–Crippen LogP) is 2.63. The van der Waals surface area contributed by atoms with Gasteiger partial charge < -0.3 is 20.4 Å². The van der Waals surface area contributed by atoms with E-state index in [4.69, 9.17) is 4.74 Å². The van der Waals surface area contributed by atoms with Crippen LogP contribution >= 0.6 is 0 Å². The third-order valence-electron chi connectivity index (χ3n) is 4.09. The topological polar surface area (TPSA) is 100 Å². The highest BCUT2D eigenvalue weighted by atomic mass is 16.5. The summed E-state index contributed by atoms with van der Waals surface area (Å²) >= 11 is 0. The second-order valence-corrected chi connectivity index (χ2v) is 5.95. The molecule has 0 aliphatic heterocycles. The number of aromatic amines is 1. The Labute approximate surface area is 155 Å². The molecule has 3 aromatic rings. The number of carbonyl (C=O) groups excluding carboxylic acids is 3. The van der Waals surface area contributed by atoms with E-state index in [0.29, 0.717) is 22.5 Å². The summed E-state index contributed by atoms with van der Waals surface area (Å²) in [6.07, 6.45) is 0. The molecule has 7 nitrogen and oxygen atoms in total. The van der Waals surface area contributed by atoms with Crippen molar-refractivity contribution in [3.05, 3.63) is 65.4 Å². The second-order valence-electron chi connectivity index (χ2n) is 5.95. The molecule has 0 atom stereocenters. The van der Waals surface area contributed by atoms with Crippen molar-refractivity contribution in [1.82, 2.24) is 10.3 Å². The summed E-state index contributed by atoms with van der Waals surface area (Å²) in [5.74, 6) is -1.24. The van der Waals surface area contributed by atoms with E-state index in [1.807, 2.05) is 24.3 Å². The average Bonchev–Trinajstić information content (AvgIpc) is 3.02. The van der Waals surface area contributed by atoms with Gasteiger partial charge in [0.2, 0.25) is 0 Å². The number of carbonyl (C=O) groups is 3. The molecule has 0 aliphatic carbocycles. The zero-order valence-corrected chi connectivity index (χ0v) is 15.0. The van der Waals surface area contributed by atoms with Crippen molar-refractivity contribution in [2.45, 2.75) is 6.92 Å². The first-order chi connectivity index (χ1) is 13.0. The number of aryl methyl sites for hydroxylation is 1. The number of H-pyrrole nitrogens is 1. The van der Waals surface area contributed by atoms with Gasteiger partial charge in [0.1, 0.15) is 0 Å². The van der Waals surface area contributed by atoms with E-state index in [1.54, 1.807) is 38.2 Å². The molecule has 1 heterocycles. The lowest BCUT2D eigenvalue weighted by Crippen LogP contribution is -2.21. The lowest BCUT2D eigenvalue weighted by Gasteiger charge is -2.07. The van der Waals surface area contributed by atoms with Crippen molar-refractivity contribution in [2.24, 2.45) is 0 Å². The van der Waals surface area contributed by atoms with E-state index in [9.17, 15) is 14.4 Å². The van der Waals surface area contributed by atoms with Gasteiger partial charge in [0.05, 0.1) is 5.56 Å². The normalized spacial score (nSPS) is 10.4. The third-order valence-corrected chi connectivity index (χ3v) is 4.09. The SMILES string of the molecule is CNC(=O)c1ccc(NC(=O)COC(=O)c2c(C)[nH]c3ccccc23)cc1. The Balaban J connectivity index is 1.61. The van der Waals surface area contributed by atoms with Gasteiger partial charge in [0, 0.05) is 34.9 Å². The number of anilines is 1. The maximum absolute atomic E-state index is 12.4. The minimum absolute atomic E-state index is 0.212. The highest BCUT2D eigenvalue weighted by molar-refractivity contribution is 6.06. The summed E-state index contributed by atoms with van der Waals surface area (Å²) in [5, 5.41) is 5.90. The number of para-hydroxylation sites is 1. The number of rotatable bonds is 5. The lowest BCUT2D eigenvalue weighted by molar-refractivity contribution is -0.119. The van der Waals surface area contributed by atoms with Crippen LogP contribution in [0.3, 0.4) is 0 Å². The van der Waals surface area contributed by atoms with Crippen LogP contribution in [0.5, 0.6) is 0 Å². The number of hydrogen-bond donors (Lipinski definition) is 3. The number of aromatic nitrogens is 1. The van der Waals surface area contributed by atoms with Gasteiger partial charge in [0.15, 0.2) is 6.61 Å². The molecule has 2 amide bonds. The highest BCUT2D eigenvalue weighted by Gasteiger charge is 2.18. The molecule has 0 bridgehead atoms. The summed E-state index contributed by atoms with van der Waals surface area (Å²) in [6, 6.07) is 13.8. The summed E-state index contributed by atoms with van der Waals surface area (Å²) < 4.78 is 5.15. The summed E-state index contributed by atoms with van der Waals surface area (Å²) in [6.45, 7) is 1.37. The van der Waals surface area contributed by atoms with Crippen molar-refractivity contribution in [2.75, 3.05) is 19.0 Å². The molecular formula is C20H19N3O4. The van der Waals surface area contributed by atoms with Crippen LogP contribution in [0.25, 0.3) is 10.9 Å². The number of fused-ring (bicyclic) bond motifs is 1. The number of ether oxygens (including phenoxy) is 1. The second kappa shape index (κ2) is 7.74. The first-order valence-electron chi connectivity index (χ1n) is 8.36. The van der Waals surface area contributed by atoms with Gasteiger partial charge in [-0.2, -0.15) is 0 Å². The number of benzene rings is 2. The molecule has 0 radical (unpaired) electrons.